The van der Waals surface area contributed by atoms with Crippen LogP contribution in [0.5, 0.6) is 0 Å². The number of nitrogens with one attached hydrogen (secondary N) is 4. The quantitative estimate of drug-likeness (QED) is 0.0115. The third-order valence-corrected chi connectivity index (χ3v) is 19.2. The third-order valence-electron chi connectivity index (χ3n) is 16.3. The number of aliphatic hydroxyl groups excluding tert-OH is 8. The zero-order valence-electron chi connectivity index (χ0n) is 53.5. The Morgan fingerprint density at radius 1 is 0.792 bits per heavy atom. The molecular formula is C58H87N14O21S3+. The number of anilines is 1. The number of aromatic nitrogens is 6. The molecule has 2 aliphatic rings. The van der Waals surface area contributed by atoms with Crippen molar-refractivity contribution < 1.29 is 103 Å². The molecule has 4 aromatic heterocycles. The van der Waals surface area contributed by atoms with E-state index < -0.39 is 195 Å². The number of carbonyl (C=O) groups is 8. The predicted octanol–water partition coefficient (Wildman–Crippen LogP) is -4.29. The van der Waals surface area contributed by atoms with E-state index >= 15 is 9.59 Å². The van der Waals surface area contributed by atoms with Crippen LogP contribution in [0.2, 0.25) is 0 Å². The largest absolute Gasteiger partial charge is 0.441 e. The van der Waals surface area contributed by atoms with E-state index in [4.69, 9.17) is 52.4 Å². The van der Waals surface area contributed by atoms with Crippen molar-refractivity contribution in [3.05, 3.63) is 56.8 Å². The lowest BCUT2D eigenvalue weighted by molar-refractivity contribution is -0.373. The maximum atomic E-state index is 15.3. The van der Waals surface area contributed by atoms with Crippen LogP contribution in [-0.4, -0.2) is 248 Å². The van der Waals surface area contributed by atoms with Crippen molar-refractivity contribution in [2.75, 3.05) is 50.3 Å². The van der Waals surface area contributed by atoms with Crippen molar-refractivity contribution in [1.82, 2.24) is 45.9 Å². The molecule has 35 nitrogen and oxygen atoms in total. The summed E-state index contributed by atoms with van der Waals surface area (Å²) >= 11 is 2.56. The van der Waals surface area contributed by atoms with Gasteiger partial charge in [-0.1, -0.05) is 6.92 Å². The number of rotatable bonds is 37. The molecule has 0 bridgehead atoms. The zero-order valence-corrected chi connectivity index (χ0v) is 55.9. The van der Waals surface area contributed by atoms with E-state index in [1.54, 1.807) is 10.8 Å². The lowest BCUT2D eigenvalue weighted by Gasteiger charge is -2.47. The van der Waals surface area contributed by atoms with Crippen molar-refractivity contribution in [3.8, 4) is 10.7 Å². The number of imidazole rings is 1. The number of Topliss-reactive ketones (excluding diaryl/α,β-unsaturated/α-hetero) is 2. The van der Waals surface area contributed by atoms with Gasteiger partial charge in [-0.05, 0) is 44.5 Å². The van der Waals surface area contributed by atoms with Crippen LogP contribution < -0.4 is 44.6 Å². The van der Waals surface area contributed by atoms with Crippen LogP contribution >= 0.6 is 22.7 Å². The normalized spacial score (nSPS) is 24.1. The summed E-state index contributed by atoms with van der Waals surface area (Å²) in [6.07, 6.45) is -20.7. The van der Waals surface area contributed by atoms with Gasteiger partial charge in [0.05, 0.1) is 85.1 Å². The lowest BCUT2D eigenvalue weighted by Crippen LogP contribution is -2.65. The summed E-state index contributed by atoms with van der Waals surface area (Å²) in [4.78, 5) is 132. The number of H-pyrrole nitrogens is 1. The molecule has 2 fully saturated rings. The van der Waals surface area contributed by atoms with Crippen molar-refractivity contribution in [1.29, 1.82) is 0 Å². The number of primary amides is 3. The summed E-state index contributed by atoms with van der Waals surface area (Å²) in [7, 11) is 0.259. The molecule has 96 heavy (non-hydrogen) atoms. The number of ketones is 2. The average molecular weight is 1410 g/mol. The zero-order chi connectivity index (χ0) is 71.0. The molecule has 0 aromatic carbocycles. The summed E-state index contributed by atoms with van der Waals surface area (Å²) in [6, 6.07) is -2.59. The summed E-state index contributed by atoms with van der Waals surface area (Å²) in [5, 5.41) is 101. The first kappa shape index (κ1) is 78.1. The first-order valence-corrected chi connectivity index (χ1v) is 34.5. The summed E-state index contributed by atoms with van der Waals surface area (Å²) in [6.45, 7) is 3.92. The fraction of sp³-hybridized carbons (Fsp3) is 0.638. The number of nitrogens with two attached hydrogens (primary N) is 5. The van der Waals surface area contributed by atoms with Gasteiger partial charge < -0.3 is 114 Å². The smallest absolute Gasteiger partial charge is 0.404 e. The van der Waals surface area contributed by atoms with Gasteiger partial charge in [0.25, 0.3) is 5.91 Å². The molecule has 0 aliphatic carbocycles. The van der Waals surface area contributed by atoms with Crippen molar-refractivity contribution in [2.45, 2.75) is 170 Å². The molecule has 38 heteroatoms. The number of amides is 6. The van der Waals surface area contributed by atoms with Gasteiger partial charge in [-0.15, -0.1) is 22.7 Å². The molecule has 19 atom stereocenters. The van der Waals surface area contributed by atoms with Crippen LogP contribution in [0.15, 0.2) is 23.3 Å². The second-order valence-corrected chi connectivity index (χ2v) is 27.9. The van der Waals surface area contributed by atoms with E-state index in [1.165, 1.54) is 50.4 Å². The van der Waals surface area contributed by atoms with Crippen LogP contribution in [0.3, 0.4) is 0 Å². The molecular weight excluding hydrogens is 1320 g/mol. The van der Waals surface area contributed by atoms with E-state index in [1.807, 2.05) is 0 Å². The van der Waals surface area contributed by atoms with Crippen LogP contribution in [-0.2, 0) is 65.0 Å². The monoisotopic (exact) mass is 1410 g/mol. The number of nitrogen functional groups attached to an aromatic ring is 1. The SMILES string of the molecule is Cc1c(N)nc(C(CC[C@H](N)C(N)=O)CC(N)=O)nc1C(=O)CC(C(=O)N[C@H](C)C(O)[C@H](C)C(=O)CC(C(=O)NCCc1nc(-c2nc(C(=O)NCCC[S+](C)C)cs2)cs1)[C@@H](C)O)[C@@H](O[C@@H]1OC(CO)[C@@H](O)[C@@H](O)C1O[C@H]1OC(CO)[C@@H](O)C(OC(N)=O)[C@H]1O)c1cnc[nH]1. The molecule has 6 heterocycles. The number of hydrogen-bond acceptors (Lipinski definition) is 30. The van der Waals surface area contributed by atoms with Gasteiger partial charge in [0.15, 0.2) is 24.5 Å². The van der Waals surface area contributed by atoms with E-state index in [9.17, 15) is 69.6 Å². The molecule has 6 amide bonds. The highest BCUT2D eigenvalue weighted by Crippen LogP contribution is 2.38. The van der Waals surface area contributed by atoms with E-state index in [-0.39, 0.29) is 71.2 Å². The van der Waals surface area contributed by atoms with Crippen molar-refractivity contribution >= 4 is 86.6 Å². The van der Waals surface area contributed by atoms with Crippen LogP contribution in [0, 0.1) is 24.7 Å². The second kappa shape index (κ2) is 36.1. The fourth-order valence-corrected chi connectivity index (χ4v) is 12.9. The number of aliphatic hydroxyl groups is 8. The predicted molar refractivity (Wildman–Crippen MR) is 342 cm³/mol. The Kier molecular flexibility index (Phi) is 29.4. The molecule has 0 radical (unpaired) electrons. The standard InChI is InChI=1S/C58H86N14O21S3/c1-23(34(76)15-28(26(4)75)52(85)66-12-10-39-69-33(21-94-39)55-70-32(20-95-55)54(87)65-11-7-13-96(5)6)41(79)25(3)68-53(86)29(16-35(77)40-24(2)49(61)72-51(71-40)27(14-38(60)78)8-9-30(59)50(62)84)46(31-17-64-22-67-31)91-57-48(44(82)42(80)36(18-73)90-57)92-56-45(83)47(93-58(63)88)43(81)37(19-74)89-56/h17,20-23,25-30,36-37,41-48,56-57,73-75,79-83H,7-16,18-19,59H2,1-6H3,(H11-,60,61,62,63,64,65,66,67,68,71,72,78,84,85,86,87,88)/p+1/t23-,25-,26-,27?,28?,29?,30+,36?,37?,41?,42-,43-,44-,45-,46-,47?,48?,56-,57+/m1/s1. The van der Waals surface area contributed by atoms with Crippen LogP contribution in [0.25, 0.3) is 10.7 Å². The molecule has 0 spiro atoms. The van der Waals surface area contributed by atoms with Gasteiger partial charge in [0.2, 0.25) is 23.6 Å². The Hall–Kier alpha value is -6.86. The molecule has 0 saturated carbocycles. The lowest BCUT2D eigenvalue weighted by atomic mass is 9.86. The highest BCUT2D eigenvalue weighted by Gasteiger charge is 2.54. The second-order valence-electron chi connectivity index (χ2n) is 23.7. The number of thiazole rings is 2. The number of ether oxygens (including phenoxy) is 5. The summed E-state index contributed by atoms with van der Waals surface area (Å²) in [5.74, 6) is -10.5. The average Bonchev–Trinajstić information content (AvgIpc) is 0.883. The van der Waals surface area contributed by atoms with Gasteiger partial charge in [0.1, 0.15) is 94.1 Å². The highest BCUT2D eigenvalue weighted by atomic mass is 32.2. The van der Waals surface area contributed by atoms with Gasteiger partial charge >= 0.3 is 6.09 Å². The Balaban J connectivity index is 1.26. The number of carbonyl (C=O) groups excluding carboxylic acids is 8. The van der Waals surface area contributed by atoms with E-state index in [2.05, 4.69) is 58.4 Å². The summed E-state index contributed by atoms with van der Waals surface area (Å²) < 4.78 is 28.9. The first-order chi connectivity index (χ1) is 45.3. The molecule has 2 saturated heterocycles. The number of aromatic amines is 1. The summed E-state index contributed by atoms with van der Waals surface area (Å²) in [5.41, 5.74) is 28.7. The van der Waals surface area contributed by atoms with E-state index in [0.29, 0.717) is 22.3 Å². The first-order valence-electron chi connectivity index (χ1n) is 30.6. The van der Waals surface area contributed by atoms with E-state index in [0.717, 1.165) is 24.7 Å². The Morgan fingerprint density at radius 3 is 2.10 bits per heavy atom. The molecule has 22 N–H and O–H groups in total. The van der Waals surface area contributed by atoms with Crippen LogP contribution in [0.4, 0.5) is 10.6 Å². The van der Waals surface area contributed by atoms with Gasteiger partial charge in [0, 0.05) is 73.4 Å². The minimum absolute atomic E-state index is 0.0249. The maximum Gasteiger partial charge on any atom is 0.404 e. The Bertz CT molecular complexity index is 3270. The highest BCUT2D eigenvalue weighted by molar-refractivity contribution is 7.95. The van der Waals surface area contributed by atoms with Gasteiger partial charge in [-0.25, -0.2) is 29.7 Å². The van der Waals surface area contributed by atoms with Gasteiger partial charge in [-0.2, -0.15) is 0 Å². The topological polar surface area (TPSA) is 591 Å². The fourth-order valence-electron chi connectivity index (χ4n) is 10.6. The Morgan fingerprint density at radius 2 is 1.48 bits per heavy atom. The van der Waals surface area contributed by atoms with Crippen LogP contribution in [0.1, 0.15) is 114 Å². The Labute approximate surface area is 561 Å². The minimum atomic E-state index is -2.17. The maximum absolute atomic E-state index is 15.3. The van der Waals surface area contributed by atoms with Crippen molar-refractivity contribution in [2.24, 2.45) is 40.7 Å². The molecule has 6 rings (SSSR count). The molecule has 4 aromatic rings. The van der Waals surface area contributed by atoms with Gasteiger partial charge in [-0.3, -0.25) is 33.6 Å². The van der Waals surface area contributed by atoms with Crippen molar-refractivity contribution in [3.63, 3.8) is 0 Å². The minimum Gasteiger partial charge on any atom is -0.441 e. The number of hydrogen-bond donors (Lipinski definition) is 17. The molecule has 532 valence electrons. The molecule has 2 aliphatic heterocycles. The number of nitrogens with zero attached hydrogens (tertiary/aromatic N) is 5. The third kappa shape index (κ3) is 20.8. The molecule has 8 unspecified atom stereocenters.